The minimum absolute atomic E-state index is 1.07. The summed E-state index contributed by atoms with van der Waals surface area (Å²) in [6, 6.07) is 0. The van der Waals surface area contributed by atoms with Crippen LogP contribution in [0.5, 0.6) is 0 Å². The van der Waals surface area contributed by atoms with Gasteiger partial charge in [-0.2, -0.15) is 0 Å². The Hall–Kier alpha value is -1.18. The van der Waals surface area contributed by atoms with Gasteiger partial charge >= 0.3 is 0 Å². The number of hydrogen-bond donors (Lipinski definition) is 2. The van der Waals surface area contributed by atoms with Gasteiger partial charge in [0.15, 0.2) is 0 Å². The van der Waals surface area contributed by atoms with Gasteiger partial charge in [0.05, 0.1) is 5.70 Å². The number of nitrogens with one attached hydrogen (secondary N) is 2. The lowest BCUT2D eigenvalue weighted by Crippen LogP contribution is -2.23. The van der Waals surface area contributed by atoms with Gasteiger partial charge in [0.25, 0.3) is 0 Å². The second-order valence-corrected chi connectivity index (χ2v) is 3.10. The molecule has 0 aromatic rings. The normalized spacial score (nSPS) is 28.0. The first kappa shape index (κ1) is 7.47. The summed E-state index contributed by atoms with van der Waals surface area (Å²) in [6.07, 6.45) is 12.0. The highest BCUT2D eigenvalue weighted by Gasteiger charge is 2.06. The van der Waals surface area contributed by atoms with Gasteiger partial charge in [-0.05, 0) is 31.5 Å². The van der Waals surface area contributed by atoms with Crippen LogP contribution in [0.1, 0.15) is 19.3 Å². The number of rotatable bonds is 0. The van der Waals surface area contributed by atoms with Crippen LogP contribution in [0.4, 0.5) is 0 Å². The zero-order valence-corrected chi connectivity index (χ0v) is 7.14. The molecule has 0 unspecified atom stereocenters. The van der Waals surface area contributed by atoms with E-state index < -0.39 is 0 Å². The molecule has 0 aromatic heterocycles. The van der Waals surface area contributed by atoms with E-state index in [2.05, 4.69) is 28.9 Å². The predicted molar refractivity (Wildman–Crippen MR) is 50.3 cm³/mol. The molecule has 12 heavy (non-hydrogen) atoms. The Bertz CT molecular complexity index is 249. The largest absolute Gasteiger partial charge is 0.383 e. The van der Waals surface area contributed by atoms with Gasteiger partial charge < -0.3 is 10.6 Å². The van der Waals surface area contributed by atoms with Crippen LogP contribution in [0, 0.1) is 0 Å². The highest BCUT2D eigenvalue weighted by atomic mass is 14.9. The molecule has 0 radical (unpaired) electrons. The van der Waals surface area contributed by atoms with Crippen molar-refractivity contribution >= 4 is 0 Å². The third-order valence-corrected chi connectivity index (χ3v) is 2.17. The van der Waals surface area contributed by atoms with Gasteiger partial charge in [0.2, 0.25) is 0 Å². The zero-order chi connectivity index (χ0) is 8.23. The summed E-state index contributed by atoms with van der Waals surface area (Å²) < 4.78 is 0. The highest BCUT2D eigenvalue weighted by Crippen LogP contribution is 2.13. The highest BCUT2D eigenvalue weighted by molar-refractivity contribution is 5.27. The van der Waals surface area contributed by atoms with Gasteiger partial charge in [0, 0.05) is 12.2 Å². The fourth-order valence-electron chi connectivity index (χ4n) is 1.51. The maximum atomic E-state index is 3.39. The van der Waals surface area contributed by atoms with Crippen LogP contribution in [0.15, 0.2) is 35.8 Å². The monoisotopic (exact) mass is 162 g/mol. The average Bonchev–Trinajstić information content (AvgIpc) is 2.21. The molecular weight excluding hydrogens is 148 g/mol. The van der Waals surface area contributed by atoms with Gasteiger partial charge in [0.1, 0.15) is 0 Å². The number of allylic oxidation sites excluding steroid dienone is 3. The summed E-state index contributed by atoms with van der Waals surface area (Å²) >= 11 is 0. The van der Waals surface area contributed by atoms with E-state index in [9.17, 15) is 0 Å². The van der Waals surface area contributed by atoms with E-state index >= 15 is 0 Å². The quantitative estimate of drug-likeness (QED) is 0.566. The van der Waals surface area contributed by atoms with E-state index in [1.807, 2.05) is 6.20 Å². The predicted octanol–water partition coefficient (Wildman–Crippen LogP) is 1.64. The minimum atomic E-state index is 1.07. The van der Waals surface area contributed by atoms with Gasteiger partial charge in [-0.15, -0.1) is 0 Å². The molecule has 64 valence electrons. The second kappa shape index (κ2) is 3.48. The lowest BCUT2D eigenvalue weighted by molar-refractivity contribution is 0.738. The maximum Gasteiger partial charge on any atom is 0.0533 e. The van der Waals surface area contributed by atoms with Gasteiger partial charge in [-0.1, -0.05) is 12.2 Å². The van der Waals surface area contributed by atoms with Gasteiger partial charge in [-0.3, -0.25) is 0 Å². The molecule has 0 atom stereocenters. The molecule has 0 amide bonds. The first-order chi connectivity index (χ1) is 5.97. The van der Waals surface area contributed by atoms with Crippen LogP contribution < -0.4 is 10.6 Å². The van der Waals surface area contributed by atoms with Crippen LogP contribution in [-0.4, -0.2) is 6.54 Å². The van der Waals surface area contributed by atoms with Crippen LogP contribution in [0.2, 0.25) is 0 Å². The standard InChI is InChI=1S/C10H14N2/c1-3-7-11-9(5-1)10-6-2-4-8-12-10/h1,4-5,8,11-12H,2-3,6-7H2. The third-order valence-electron chi connectivity index (χ3n) is 2.17. The van der Waals surface area contributed by atoms with Crippen molar-refractivity contribution in [2.45, 2.75) is 19.3 Å². The average molecular weight is 162 g/mol. The molecule has 2 heteroatoms. The Morgan fingerprint density at radius 3 is 2.83 bits per heavy atom. The summed E-state index contributed by atoms with van der Waals surface area (Å²) in [5, 5.41) is 6.66. The Kier molecular flexibility index (Phi) is 2.16. The molecule has 2 aliphatic rings. The maximum absolute atomic E-state index is 3.39. The number of hydrogen-bond acceptors (Lipinski definition) is 2. The molecule has 2 aliphatic heterocycles. The molecule has 0 aromatic carbocycles. The van der Waals surface area contributed by atoms with Crippen molar-refractivity contribution in [2.24, 2.45) is 0 Å². The molecule has 2 N–H and O–H groups in total. The summed E-state index contributed by atoms with van der Waals surface area (Å²) in [7, 11) is 0. The fraction of sp³-hybridized carbons (Fsp3) is 0.400. The van der Waals surface area contributed by atoms with E-state index in [4.69, 9.17) is 0 Å². The molecule has 0 bridgehead atoms. The molecular formula is C10H14N2. The topological polar surface area (TPSA) is 24.1 Å². The van der Waals surface area contributed by atoms with Crippen molar-refractivity contribution in [1.29, 1.82) is 0 Å². The van der Waals surface area contributed by atoms with Gasteiger partial charge in [-0.25, -0.2) is 0 Å². The van der Waals surface area contributed by atoms with E-state index in [-0.39, 0.29) is 0 Å². The van der Waals surface area contributed by atoms with Crippen LogP contribution in [0.25, 0.3) is 0 Å². The van der Waals surface area contributed by atoms with E-state index in [1.165, 1.54) is 11.4 Å². The first-order valence-corrected chi connectivity index (χ1v) is 4.52. The molecule has 2 nitrogen and oxygen atoms in total. The first-order valence-electron chi connectivity index (χ1n) is 4.52. The third kappa shape index (κ3) is 1.52. The molecule has 2 heterocycles. The Morgan fingerprint density at radius 1 is 1.17 bits per heavy atom. The molecule has 0 saturated heterocycles. The summed E-state index contributed by atoms with van der Waals surface area (Å²) in [4.78, 5) is 0. The van der Waals surface area contributed by atoms with Crippen molar-refractivity contribution in [2.75, 3.05) is 6.54 Å². The van der Waals surface area contributed by atoms with Crippen LogP contribution in [-0.2, 0) is 0 Å². The van der Waals surface area contributed by atoms with Crippen molar-refractivity contribution < 1.29 is 0 Å². The smallest absolute Gasteiger partial charge is 0.0533 e. The summed E-state index contributed by atoms with van der Waals surface area (Å²) in [6.45, 7) is 1.07. The van der Waals surface area contributed by atoms with Crippen LogP contribution in [0.3, 0.4) is 0 Å². The molecule has 0 fully saturated rings. The summed E-state index contributed by atoms with van der Waals surface area (Å²) in [5.74, 6) is 0. The van der Waals surface area contributed by atoms with E-state index in [0.717, 1.165) is 25.8 Å². The Balaban J connectivity index is 2.17. The van der Waals surface area contributed by atoms with E-state index in [1.54, 1.807) is 0 Å². The Labute approximate surface area is 73.0 Å². The van der Waals surface area contributed by atoms with Crippen molar-refractivity contribution in [1.82, 2.24) is 10.6 Å². The second-order valence-electron chi connectivity index (χ2n) is 3.10. The van der Waals surface area contributed by atoms with E-state index in [0.29, 0.717) is 0 Å². The lowest BCUT2D eigenvalue weighted by atomic mass is 10.1. The van der Waals surface area contributed by atoms with Crippen molar-refractivity contribution in [3.8, 4) is 0 Å². The lowest BCUT2D eigenvalue weighted by Gasteiger charge is -2.18. The fourth-order valence-corrected chi connectivity index (χ4v) is 1.51. The van der Waals surface area contributed by atoms with Crippen LogP contribution >= 0.6 is 0 Å². The SMILES string of the molecule is C1=CC(=C2CCC=CN2)NCC1. The summed E-state index contributed by atoms with van der Waals surface area (Å²) in [5.41, 5.74) is 2.60. The molecule has 0 aliphatic carbocycles. The zero-order valence-electron chi connectivity index (χ0n) is 7.14. The van der Waals surface area contributed by atoms with Crippen molar-refractivity contribution in [3.63, 3.8) is 0 Å². The molecule has 0 spiro atoms. The minimum Gasteiger partial charge on any atom is -0.383 e. The molecule has 0 saturated carbocycles. The van der Waals surface area contributed by atoms with Crippen molar-refractivity contribution in [3.05, 3.63) is 35.8 Å². The molecule has 2 rings (SSSR count). The Morgan fingerprint density at radius 2 is 2.17 bits per heavy atom.